The first-order chi connectivity index (χ1) is 10.00. The number of hydrogen-bond acceptors (Lipinski definition) is 7. The number of carbonyl (C=O) groups excluding carboxylic acids is 2. The van der Waals surface area contributed by atoms with E-state index in [1.54, 1.807) is 6.92 Å². The Morgan fingerprint density at radius 3 is 2.76 bits per heavy atom. The lowest BCUT2D eigenvalue weighted by Gasteiger charge is -2.30. The number of alkyl halides is 1. The predicted octanol–water partition coefficient (Wildman–Crippen LogP) is 0.925. The summed E-state index contributed by atoms with van der Waals surface area (Å²) in [6.45, 7) is 1.84. The molecule has 0 saturated carbocycles. The van der Waals surface area contributed by atoms with Gasteiger partial charge in [-0.1, -0.05) is 5.16 Å². The molecule has 0 amide bonds. The standard InChI is InChI=1S/C13H14ClNO6/c1-4-20-12(17)10-11(14)13(21-15-10)6-8(18-2)7(16)5-9(13)19-3/h5-6,11H,4H2,1-3H3/t11-,13+/m1/s1. The van der Waals surface area contributed by atoms with E-state index in [-0.39, 0.29) is 23.8 Å². The topological polar surface area (TPSA) is 83.4 Å². The number of esters is 1. The minimum atomic E-state index is -1.41. The van der Waals surface area contributed by atoms with Gasteiger partial charge in [0.1, 0.15) is 5.38 Å². The molecule has 1 heterocycles. The maximum atomic E-state index is 11.8. The number of allylic oxidation sites excluding steroid dienone is 1. The maximum Gasteiger partial charge on any atom is 0.357 e. The van der Waals surface area contributed by atoms with E-state index in [4.69, 9.17) is 30.6 Å². The highest BCUT2D eigenvalue weighted by Crippen LogP contribution is 2.40. The van der Waals surface area contributed by atoms with Gasteiger partial charge in [-0.3, -0.25) is 4.79 Å². The summed E-state index contributed by atoms with van der Waals surface area (Å²) in [7, 11) is 2.70. The third-order valence-corrected chi connectivity index (χ3v) is 3.60. The number of hydrogen-bond donors (Lipinski definition) is 0. The number of oxime groups is 1. The molecule has 2 rings (SSSR count). The van der Waals surface area contributed by atoms with Crippen LogP contribution in [0, 0.1) is 0 Å². The molecule has 0 N–H and O–H groups in total. The van der Waals surface area contributed by atoms with Crippen LogP contribution in [0.3, 0.4) is 0 Å². The average molecular weight is 316 g/mol. The lowest BCUT2D eigenvalue weighted by atomic mass is 9.88. The molecule has 1 spiro atoms. The highest BCUT2D eigenvalue weighted by molar-refractivity contribution is 6.51. The summed E-state index contributed by atoms with van der Waals surface area (Å²) in [4.78, 5) is 28.9. The van der Waals surface area contributed by atoms with Crippen LogP contribution in [0.4, 0.5) is 0 Å². The Labute approximate surface area is 126 Å². The Bertz CT molecular complexity index is 567. The zero-order valence-corrected chi connectivity index (χ0v) is 12.5. The molecular weight excluding hydrogens is 302 g/mol. The Morgan fingerprint density at radius 1 is 1.48 bits per heavy atom. The third-order valence-electron chi connectivity index (χ3n) is 3.07. The van der Waals surface area contributed by atoms with Crippen molar-refractivity contribution in [2.75, 3.05) is 20.8 Å². The molecule has 0 fully saturated rings. The van der Waals surface area contributed by atoms with Crippen LogP contribution in [0.5, 0.6) is 0 Å². The summed E-state index contributed by atoms with van der Waals surface area (Å²) in [6, 6.07) is 0. The highest BCUT2D eigenvalue weighted by atomic mass is 35.5. The lowest BCUT2D eigenvalue weighted by Crippen LogP contribution is -2.45. The quantitative estimate of drug-likeness (QED) is 0.567. The molecule has 8 heteroatoms. The molecule has 0 bridgehead atoms. The van der Waals surface area contributed by atoms with E-state index < -0.39 is 22.7 Å². The van der Waals surface area contributed by atoms with Gasteiger partial charge >= 0.3 is 5.97 Å². The molecule has 0 unspecified atom stereocenters. The van der Waals surface area contributed by atoms with Crippen LogP contribution in [0.2, 0.25) is 0 Å². The zero-order chi connectivity index (χ0) is 15.6. The largest absolute Gasteiger partial charge is 0.496 e. The van der Waals surface area contributed by atoms with Gasteiger partial charge in [-0.15, -0.1) is 11.6 Å². The van der Waals surface area contributed by atoms with Crippen molar-refractivity contribution < 1.29 is 28.6 Å². The Morgan fingerprint density at radius 2 is 2.19 bits per heavy atom. The second kappa shape index (κ2) is 5.77. The van der Waals surface area contributed by atoms with E-state index in [0.29, 0.717) is 0 Å². The molecule has 0 radical (unpaired) electrons. The van der Waals surface area contributed by atoms with Crippen LogP contribution in [0.1, 0.15) is 6.92 Å². The number of ether oxygens (including phenoxy) is 3. The lowest BCUT2D eigenvalue weighted by molar-refractivity contribution is -0.135. The molecule has 1 aliphatic carbocycles. The van der Waals surface area contributed by atoms with Gasteiger partial charge in [-0.05, 0) is 6.92 Å². The highest BCUT2D eigenvalue weighted by Gasteiger charge is 2.56. The van der Waals surface area contributed by atoms with Crippen LogP contribution in [0.15, 0.2) is 28.8 Å². The molecule has 0 aromatic heterocycles. The number of halogens is 1. The van der Waals surface area contributed by atoms with Crippen LogP contribution in [-0.4, -0.2) is 49.3 Å². The van der Waals surface area contributed by atoms with Crippen molar-refractivity contribution >= 4 is 29.1 Å². The molecule has 114 valence electrons. The SMILES string of the molecule is CCOC(=O)C1=NO[C@]2(C=C(OC)C(=O)C=C2OC)[C@@H]1Cl. The van der Waals surface area contributed by atoms with Crippen molar-refractivity contribution in [3.05, 3.63) is 23.7 Å². The Kier molecular flexibility index (Phi) is 4.22. The number of rotatable bonds is 4. The van der Waals surface area contributed by atoms with Gasteiger partial charge in [0.2, 0.25) is 11.4 Å². The summed E-state index contributed by atoms with van der Waals surface area (Å²) in [5, 5.41) is 2.67. The smallest absolute Gasteiger partial charge is 0.357 e. The van der Waals surface area contributed by atoms with Crippen molar-refractivity contribution in [3.8, 4) is 0 Å². The van der Waals surface area contributed by atoms with E-state index in [2.05, 4.69) is 5.16 Å². The number of nitrogens with zero attached hydrogens (tertiary/aromatic N) is 1. The van der Waals surface area contributed by atoms with E-state index in [1.807, 2.05) is 0 Å². The van der Waals surface area contributed by atoms with Crippen molar-refractivity contribution in [2.24, 2.45) is 5.16 Å². The Balaban J connectivity index is 2.39. The van der Waals surface area contributed by atoms with Crippen LogP contribution >= 0.6 is 11.6 Å². The fourth-order valence-electron chi connectivity index (χ4n) is 2.05. The second-order valence-corrected chi connectivity index (χ2v) is 4.67. The normalized spacial score (nSPS) is 27.5. The predicted molar refractivity (Wildman–Crippen MR) is 72.7 cm³/mol. The molecule has 1 aliphatic heterocycles. The van der Waals surface area contributed by atoms with Gasteiger partial charge in [0.15, 0.2) is 17.2 Å². The fourth-order valence-corrected chi connectivity index (χ4v) is 2.39. The second-order valence-electron chi connectivity index (χ2n) is 4.23. The third kappa shape index (κ3) is 2.37. The van der Waals surface area contributed by atoms with E-state index in [0.717, 1.165) is 0 Å². The molecular formula is C13H14ClNO6. The van der Waals surface area contributed by atoms with Crippen molar-refractivity contribution in [2.45, 2.75) is 17.9 Å². The van der Waals surface area contributed by atoms with E-state index >= 15 is 0 Å². The first kappa shape index (κ1) is 15.4. The first-order valence-corrected chi connectivity index (χ1v) is 6.58. The zero-order valence-electron chi connectivity index (χ0n) is 11.7. The van der Waals surface area contributed by atoms with Gasteiger partial charge in [-0.2, -0.15) is 0 Å². The average Bonchev–Trinajstić information content (AvgIpc) is 2.79. The summed E-state index contributed by atoms with van der Waals surface area (Å²) in [6.07, 6.45) is 2.54. The maximum absolute atomic E-state index is 11.8. The van der Waals surface area contributed by atoms with Gasteiger partial charge in [0.25, 0.3) is 0 Å². The van der Waals surface area contributed by atoms with Crippen molar-refractivity contribution in [3.63, 3.8) is 0 Å². The summed E-state index contributed by atoms with van der Waals surface area (Å²) in [5.41, 5.74) is -1.50. The van der Waals surface area contributed by atoms with Crippen molar-refractivity contribution in [1.29, 1.82) is 0 Å². The summed E-state index contributed by atoms with van der Waals surface area (Å²) < 4.78 is 15.0. The molecule has 2 atom stereocenters. The molecule has 0 saturated heterocycles. The van der Waals surface area contributed by atoms with E-state index in [9.17, 15) is 9.59 Å². The first-order valence-electron chi connectivity index (χ1n) is 6.14. The summed E-state index contributed by atoms with van der Waals surface area (Å²) in [5.74, 6) is -0.913. The number of carbonyl (C=O) groups is 2. The van der Waals surface area contributed by atoms with Gasteiger partial charge in [0, 0.05) is 12.2 Å². The fraction of sp³-hybridized carbons (Fsp3) is 0.462. The van der Waals surface area contributed by atoms with Crippen molar-refractivity contribution in [1.82, 2.24) is 0 Å². The van der Waals surface area contributed by atoms with Crippen LogP contribution in [0.25, 0.3) is 0 Å². The Hall–Kier alpha value is -2.02. The van der Waals surface area contributed by atoms with Gasteiger partial charge in [-0.25, -0.2) is 4.79 Å². The molecule has 0 aromatic carbocycles. The van der Waals surface area contributed by atoms with Crippen LogP contribution in [-0.2, 0) is 28.6 Å². The number of ketones is 1. The minimum Gasteiger partial charge on any atom is -0.496 e. The monoisotopic (exact) mass is 315 g/mol. The van der Waals surface area contributed by atoms with E-state index in [1.165, 1.54) is 26.4 Å². The minimum absolute atomic E-state index is 0.0294. The molecule has 21 heavy (non-hydrogen) atoms. The summed E-state index contributed by atoms with van der Waals surface area (Å²) >= 11 is 6.30. The molecule has 0 aromatic rings. The van der Waals surface area contributed by atoms with Crippen LogP contribution < -0.4 is 0 Å². The van der Waals surface area contributed by atoms with Gasteiger partial charge in [0.05, 0.1) is 20.8 Å². The molecule has 7 nitrogen and oxygen atoms in total. The molecule has 2 aliphatic rings. The van der Waals surface area contributed by atoms with Gasteiger partial charge < -0.3 is 19.0 Å². The number of methoxy groups -OCH3 is 2.